The molecule has 0 aliphatic rings. The van der Waals surface area contributed by atoms with E-state index in [2.05, 4.69) is 20.5 Å². The third kappa shape index (κ3) is 1.13. The summed E-state index contributed by atoms with van der Waals surface area (Å²) in [6.45, 7) is 1.84. The molecule has 6 nitrogen and oxygen atoms in total. The lowest BCUT2D eigenvalue weighted by molar-refractivity contribution is 0.907. The van der Waals surface area contributed by atoms with Crippen LogP contribution in [0.3, 0.4) is 0 Å². The third-order valence-electron chi connectivity index (χ3n) is 2.41. The summed E-state index contributed by atoms with van der Waals surface area (Å²) in [7, 11) is 0. The molecule has 80 valence electrons. The lowest BCUT2D eigenvalue weighted by Gasteiger charge is -2.04. The van der Waals surface area contributed by atoms with Gasteiger partial charge in [-0.1, -0.05) is 12.1 Å². The smallest absolute Gasteiger partial charge is 0.240 e. The maximum absolute atomic E-state index is 5.42. The monoisotopic (exact) mass is 214 g/mol. The molecule has 3 aromatic rings. The van der Waals surface area contributed by atoms with Crippen LogP contribution in [0.1, 0.15) is 5.82 Å². The van der Waals surface area contributed by atoms with Crippen LogP contribution in [0.25, 0.3) is 16.6 Å². The molecule has 0 amide bonds. The molecule has 0 aliphatic carbocycles. The molecule has 0 saturated heterocycles. The fourth-order valence-electron chi connectivity index (χ4n) is 1.75. The summed E-state index contributed by atoms with van der Waals surface area (Å²) in [5.41, 5.74) is 4.13. The van der Waals surface area contributed by atoms with E-state index >= 15 is 0 Å². The minimum Gasteiger partial charge on any atom is -0.292 e. The Morgan fingerprint density at radius 1 is 1.25 bits per heavy atom. The molecule has 0 aliphatic heterocycles. The second-order valence-corrected chi connectivity index (χ2v) is 3.49. The molecular formula is C10H10N6. The molecule has 1 aromatic carbocycles. The van der Waals surface area contributed by atoms with Crippen LogP contribution in [0.4, 0.5) is 5.95 Å². The van der Waals surface area contributed by atoms with E-state index in [1.54, 1.807) is 4.52 Å². The molecular weight excluding hydrogens is 204 g/mol. The van der Waals surface area contributed by atoms with Crippen molar-refractivity contribution in [3.8, 4) is 0 Å². The maximum atomic E-state index is 5.42. The number of para-hydroxylation sites is 1. The molecule has 16 heavy (non-hydrogen) atoms. The van der Waals surface area contributed by atoms with Gasteiger partial charge >= 0.3 is 0 Å². The fraction of sp³-hybridized carbons (Fsp3) is 0.100. The van der Waals surface area contributed by atoms with Gasteiger partial charge in [-0.15, -0.1) is 5.10 Å². The largest absolute Gasteiger partial charge is 0.292 e. The van der Waals surface area contributed by atoms with Crippen LogP contribution in [-0.2, 0) is 0 Å². The topological polar surface area (TPSA) is 81.1 Å². The predicted molar refractivity (Wildman–Crippen MR) is 60.8 cm³/mol. The van der Waals surface area contributed by atoms with E-state index in [1.165, 1.54) is 0 Å². The second kappa shape index (κ2) is 3.14. The number of rotatable bonds is 1. The van der Waals surface area contributed by atoms with Gasteiger partial charge in [0.15, 0.2) is 5.65 Å². The maximum Gasteiger partial charge on any atom is 0.240 e. The Morgan fingerprint density at radius 2 is 2.06 bits per heavy atom. The molecule has 0 fully saturated rings. The zero-order chi connectivity index (χ0) is 11.1. The van der Waals surface area contributed by atoms with E-state index < -0.39 is 0 Å². The molecule has 0 spiro atoms. The first-order chi connectivity index (χ1) is 7.79. The van der Waals surface area contributed by atoms with E-state index in [4.69, 9.17) is 5.84 Å². The van der Waals surface area contributed by atoms with Crippen molar-refractivity contribution in [3.63, 3.8) is 0 Å². The van der Waals surface area contributed by atoms with Gasteiger partial charge in [-0.2, -0.15) is 4.52 Å². The molecule has 0 radical (unpaired) electrons. The van der Waals surface area contributed by atoms with Gasteiger partial charge in [0.2, 0.25) is 5.95 Å². The van der Waals surface area contributed by atoms with Gasteiger partial charge in [-0.05, 0) is 19.1 Å². The number of anilines is 1. The molecule has 3 rings (SSSR count). The van der Waals surface area contributed by atoms with Gasteiger partial charge in [0.05, 0.1) is 5.52 Å². The number of nitrogens with two attached hydrogens (primary N) is 1. The quantitative estimate of drug-likeness (QED) is 0.464. The van der Waals surface area contributed by atoms with Crippen molar-refractivity contribution in [1.29, 1.82) is 0 Å². The summed E-state index contributed by atoms with van der Waals surface area (Å²) in [5, 5.41) is 5.19. The summed E-state index contributed by atoms with van der Waals surface area (Å²) in [5.74, 6) is 6.59. The first kappa shape index (κ1) is 9.05. The van der Waals surface area contributed by atoms with Crippen molar-refractivity contribution >= 4 is 22.5 Å². The minimum atomic E-state index is 0.481. The van der Waals surface area contributed by atoms with Crippen LogP contribution in [0.5, 0.6) is 0 Å². The predicted octanol–water partition coefficient (Wildman–Crippen LogP) is 0.872. The van der Waals surface area contributed by atoms with Crippen LogP contribution < -0.4 is 11.3 Å². The number of aryl methyl sites for hydroxylation is 1. The minimum absolute atomic E-state index is 0.481. The molecule has 2 heterocycles. The Hall–Kier alpha value is -2.21. The number of hydrogen-bond acceptors (Lipinski definition) is 5. The number of fused-ring (bicyclic) bond motifs is 3. The normalized spacial score (nSPS) is 11.1. The number of nitrogens with zero attached hydrogens (tertiary/aromatic N) is 4. The Morgan fingerprint density at radius 3 is 2.88 bits per heavy atom. The van der Waals surface area contributed by atoms with Crippen molar-refractivity contribution in [2.75, 3.05) is 5.43 Å². The molecule has 0 atom stereocenters. The van der Waals surface area contributed by atoms with Crippen LogP contribution in [0.2, 0.25) is 0 Å². The summed E-state index contributed by atoms with van der Waals surface area (Å²) in [6, 6.07) is 7.76. The first-order valence-corrected chi connectivity index (χ1v) is 4.88. The van der Waals surface area contributed by atoms with E-state index in [0.717, 1.165) is 16.6 Å². The average Bonchev–Trinajstić information content (AvgIpc) is 2.69. The van der Waals surface area contributed by atoms with Gasteiger partial charge in [0, 0.05) is 5.39 Å². The van der Waals surface area contributed by atoms with Crippen molar-refractivity contribution in [1.82, 2.24) is 19.6 Å². The zero-order valence-electron chi connectivity index (χ0n) is 8.68. The van der Waals surface area contributed by atoms with E-state index in [9.17, 15) is 0 Å². The standard InChI is InChI=1S/C10H10N6/c1-6-12-9-7-4-2-3-5-8(7)13-10(14-11)16(9)15-6/h2-5H,11H2,1H3,(H,13,14). The highest BCUT2D eigenvalue weighted by molar-refractivity contribution is 5.92. The molecule has 0 saturated carbocycles. The fourth-order valence-corrected chi connectivity index (χ4v) is 1.75. The van der Waals surface area contributed by atoms with Gasteiger partial charge in [-0.25, -0.2) is 15.8 Å². The number of hydrogen-bond donors (Lipinski definition) is 2. The Kier molecular flexibility index (Phi) is 1.78. The highest BCUT2D eigenvalue weighted by atomic mass is 15.4. The summed E-state index contributed by atoms with van der Waals surface area (Å²) in [4.78, 5) is 8.73. The van der Waals surface area contributed by atoms with E-state index in [-0.39, 0.29) is 0 Å². The molecule has 6 heteroatoms. The van der Waals surface area contributed by atoms with E-state index in [0.29, 0.717) is 11.8 Å². The molecule has 0 bridgehead atoms. The highest BCUT2D eigenvalue weighted by Crippen LogP contribution is 2.19. The van der Waals surface area contributed by atoms with Crippen molar-refractivity contribution in [2.24, 2.45) is 5.84 Å². The van der Waals surface area contributed by atoms with Gasteiger partial charge in [0.25, 0.3) is 0 Å². The van der Waals surface area contributed by atoms with Gasteiger partial charge < -0.3 is 0 Å². The van der Waals surface area contributed by atoms with Crippen LogP contribution in [0.15, 0.2) is 24.3 Å². The number of benzene rings is 1. The zero-order valence-corrected chi connectivity index (χ0v) is 8.68. The van der Waals surface area contributed by atoms with Crippen LogP contribution >= 0.6 is 0 Å². The number of hydrazine groups is 1. The number of nitrogens with one attached hydrogen (secondary N) is 1. The first-order valence-electron chi connectivity index (χ1n) is 4.88. The lowest BCUT2D eigenvalue weighted by Crippen LogP contribution is -2.13. The second-order valence-electron chi connectivity index (χ2n) is 3.49. The SMILES string of the molecule is Cc1nc2c3ccccc3nc(NN)n2n1. The van der Waals surface area contributed by atoms with Gasteiger partial charge in [0.1, 0.15) is 5.82 Å². The van der Waals surface area contributed by atoms with Crippen molar-refractivity contribution < 1.29 is 0 Å². The van der Waals surface area contributed by atoms with Crippen molar-refractivity contribution in [2.45, 2.75) is 6.92 Å². The van der Waals surface area contributed by atoms with Crippen LogP contribution in [0, 0.1) is 6.92 Å². The number of nitrogen functional groups attached to an aromatic ring is 1. The summed E-state index contributed by atoms with van der Waals surface area (Å²) < 4.78 is 1.61. The molecule has 0 unspecified atom stereocenters. The number of aromatic nitrogens is 4. The summed E-state index contributed by atoms with van der Waals surface area (Å²) in [6.07, 6.45) is 0. The third-order valence-corrected chi connectivity index (χ3v) is 2.41. The lowest BCUT2D eigenvalue weighted by atomic mass is 10.2. The molecule has 2 aromatic heterocycles. The highest BCUT2D eigenvalue weighted by Gasteiger charge is 2.09. The Labute approximate surface area is 91.1 Å². The summed E-state index contributed by atoms with van der Waals surface area (Å²) >= 11 is 0. The van der Waals surface area contributed by atoms with Crippen molar-refractivity contribution in [3.05, 3.63) is 30.1 Å². The van der Waals surface area contributed by atoms with Crippen LogP contribution in [-0.4, -0.2) is 19.6 Å². The Bertz CT molecular complexity index is 671. The average molecular weight is 214 g/mol. The van der Waals surface area contributed by atoms with E-state index in [1.807, 2.05) is 31.2 Å². The Balaban J connectivity index is 2.56. The van der Waals surface area contributed by atoms with Gasteiger partial charge in [-0.3, -0.25) is 5.43 Å². The molecule has 3 N–H and O–H groups in total.